The minimum Gasteiger partial charge on any atom is -0.456 e. The van der Waals surface area contributed by atoms with Crippen LogP contribution in [0.4, 0.5) is 0 Å². The molecule has 0 saturated heterocycles. The highest BCUT2D eigenvalue weighted by Crippen LogP contribution is 2.65. The zero-order valence-electron chi connectivity index (χ0n) is 15.2. The second kappa shape index (κ2) is 5.32. The van der Waals surface area contributed by atoms with Crippen molar-refractivity contribution in [3.05, 3.63) is 12.7 Å². The summed E-state index contributed by atoms with van der Waals surface area (Å²) in [5, 5.41) is 21.8. The van der Waals surface area contributed by atoms with E-state index in [2.05, 4.69) is 6.58 Å². The molecule has 2 rings (SSSR count). The number of rotatable bonds is 4. The average Bonchev–Trinajstić information content (AvgIpc) is 2.34. The fourth-order valence-corrected chi connectivity index (χ4v) is 5.22. The van der Waals surface area contributed by atoms with Gasteiger partial charge in [-0.3, -0.25) is 0 Å². The Hall–Kier alpha value is -0.870. The number of carbonyl (C=O) groups is 1. The highest BCUT2D eigenvalue weighted by atomic mass is 16.6. The summed E-state index contributed by atoms with van der Waals surface area (Å²) in [5.74, 6) is -0.440. The quantitative estimate of drug-likeness (QED) is 0.615. The van der Waals surface area contributed by atoms with Crippen molar-refractivity contribution in [2.75, 3.05) is 0 Å². The van der Waals surface area contributed by atoms with Gasteiger partial charge < -0.3 is 14.9 Å². The van der Waals surface area contributed by atoms with Crippen molar-refractivity contribution >= 4 is 5.97 Å². The average molecular weight is 324 g/mol. The van der Waals surface area contributed by atoms with E-state index in [9.17, 15) is 15.0 Å². The first kappa shape index (κ1) is 18.5. The molecule has 0 aromatic heterocycles. The van der Waals surface area contributed by atoms with Crippen molar-refractivity contribution in [1.29, 1.82) is 0 Å². The van der Waals surface area contributed by atoms with E-state index in [1.807, 2.05) is 34.6 Å². The molecule has 0 amide bonds. The Kier molecular flexibility index (Phi) is 4.27. The molecule has 0 spiro atoms. The molecular weight excluding hydrogens is 292 g/mol. The Balaban J connectivity index is 2.51. The first-order valence-electron chi connectivity index (χ1n) is 8.58. The zero-order chi connectivity index (χ0) is 17.7. The van der Waals surface area contributed by atoms with Crippen LogP contribution in [0.3, 0.4) is 0 Å². The number of hydrogen-bond acceptors (Lipinski definition) is 4. The van der Waals surface area contributed by atoms with E-state index in [4.69, 9.17) is 4.74 Å². The van der Waals surface area contributed by atoms with Gasteiger partial charge in [-0.1, -0.05) is 13.0 Å². The number of carbonyl (C=O) groups excluding carboxylic acids is 1. The van der Waals surface area contributed by atoms with E-state index in [-0.39, 0.29) is 10.8 Å². The molecule has 4 heteroatoms. The van der Waals surface area contributed by atoms with Gasteiger partial charge in [0.15, 0.2) is 0 Å². The van der Waals surface area contributed by atoms with Crippen LogP contribution in [0.2, 0.25) is 0 Å². The van der Waals surface area contributed by atoms with E-state index in [1.165, 1.54) is 6.08 Å². The molecule has 2 fully saturated rings. The van der Waals surface area contributed by atoms with Crippen LogP contribution in [0.1, 0.15) is 73.1 Å². The summed E-state index contributed by atoms with van der Waals surface area (Å²) >= 11 is 0. The number of fused-ring (bicyclic) bond motifs is 2. The maximum absolute atomic E-state index is 11.8. The Bertz CT molecular complexity index is 466. The van der Waals surface area contributed by atoms with E-state index in [0.29, 0.717) is 12.8 Å². The van der Waals surface area contributed by atoms with Crippen molar-refractivity contribution in [2.45, 2.75) is 89.9 Å². The summed E-state index contributed by atoms with van der Waals surface area (Å²) in [5.41, 5.74) is -3.22. The summed E-state index contributed by atoms with van der Waals surface area (Å²) in [6.45, 7) is 12.8. The van der Waals surface area contributed by atoms with Crippen LogP contribution < -0.4 is 0 Å². The molecular formula is C19H32O4. The Morgan fingerprint density at radius 1 is 1.04 bits per heavy atom. The molecule has 0 radical (unpaired) electrons. The molecule has 4 nitrogen and oxygen atoms in total. The molecule has 2 atom stereocenters. The molecule has 0 aromatic carbocycles. The maximum Gasteiger partial charge on any atom is 0.330 e. The van der Waals surface area contributed by atoms with Gasteiger partial charge >= 0.3 is 5.97 Å². The lowest BCUT2D eigenvalue weighted by Crippen LogP contribution is -2.64. The van der Waals surface area contributed by atoms with Crippen molar-refractivity contribution in [3.63, 3.8) is 0 Å². The predicted molar refractivity (Wildman–Crippen MR) is 89.9 cm³/mol. The van der Waals surface area contributed by atoms with Crippen molar-refractivity contribution in [2.24, 2.45) is 10.8 Å². The predicted octanol–water partition coefficient (Wildman–Crippen LogP) is 3.36. The van der Waals surface area contributed by atoms with E-state index < -0.39 is 22.8 Å². The normalized spacial score (nSPS) is 38.0. The van der Waals surface area contributed by atoms with Crippen LogP contribution in [0.5, 0.6) is 0 Å². The Morgan fingerprint density at radius 3 is 1.83 bits per heavy atom. The minimum absolute atomic E-state index is 0.361. The van der Waals surface area contributed by atoms with Crippen molar-refractivity contribution < 1.29 is 19.7 Å². The molecule has 0 heterocycles. The first-order valence-corrected chi connectivity index (χ1v) is 8.58. The van der Waals surface area contributed by atoms with Crippen LogP contribution in [0.15, 0.2) is 12.7 Å². The molecule has 0 aromatic rings. The maximum atomic E-state index is 11.8. The summed E-state index contributed by atoms with van der Waals surface area (Å²) in [6, 6.07) is 0. The van der Waals surface area contributed by atoms with Crippen LogP contribution in [-0.4, -0.2) is 33.0 Å². The highest BCUT2D eigenvalue weighted by Gasteiger charge is 2.64. The topological polar surface area (TPSA) is 66.8 Å². The van der Waals surface area contributed by atoms with Gasteiger partial charge in [0.05, 0.1) is 11.2 Å². The molecule has 2 saturated carbocycles. The second-order valence-corrected chi connectivity index (χ2v) is 9.14. The van der Waals surface area contributed by atoms with Gasteiger partial charge in [-0.25, -0.2) is 4.79 Å². The van der Waals surface area contributed by atoms with Gasteiger partial charge in [-0.15, -0.1) is 0 Å². The number of hydrogen-bond donors (Lipinski definition) is 2. The van der Waals surface area contributed by atoms with E-state index in [0.717, 1.165) is 25.7 Å². The molecule has 2 unspecified atom stereocenters. The second-order valence-electron chi connectivity index (χ2n) is 9.14. The molecule has 2 aliphatic rings. The smallest absolute Gasteiger partial charge is 0.330 e. The Labute approximate surface area is 139 Å². The van der Waals surface area contributed by atoms with Crippen LogP contribution in [0, 0.1) is 10.8 Å². The lowest BCUT2D eigenvalue weighted by atomic mass is 9.44. The van der Waals surface area contributed by atoms with Crippen LogP contribution in [0.25, 0.3) is 0 Å². The monoisotopic (exact) mass is 324 g/mol. The summed E-state index contributed by atoms with van der Waals surface area (Å²) in [7, 11) is 0. The lowest BCUT2D eigenvalue weighted by molar-refractivity contribution is -0.238. The number of ether oxygens (including phenoxy) is 1. The first-order chi connectivity index (χ1) is 10.3. The van der Waals surface area contributed by atoms with Gasteiger partial charge in [-0.2, -0.15) is 0 Å². The molecule has 23 heavy (non-hydrogen) atoms. The largest absolute Gasteiger partial charge is 0.456 e. The number of aliphatic hydroxyl groups is 2. The van der Waals surface area contributed by atoms with Crippen molar-refractivity contribution in [3.8, 4) is 0 Å². The number of esters is 1. The summed E-state index contributed by atoms with van der Waals surface area (Å²) < 4.78 is 5.73. The molecule has 2 bridgehead atoms. The third kappa shape index (κ3) is 3.08. The van der Waals surface area contributed by atoms with Gasteiger partial charge in [-0.05, 0) is 66.7 Å². The lowest BCUT2D eigenvalue weighted by Gasteiger charge is -2.64. The fourth-order valence-electron chi connectivity index (χ4n) is 5.22. The van der Waals surface area contributed by atoms with Crippen LogP contribution >= 0.6 is 0 Å². The van der Waals surface area contributed by atoms with E-state index >= 15 is 0 Å². The molecule has 0 aliphatic heterocycles. The van der Waals surface area contributed by atoms with E-state index in [1.54, 1.807) is 0 Å². The zero-order valence-corrected chi connectivity index (χ0v) is 15.2. The Morgan fingerprint density at radius 2 is 1.48 bits per heavy atom. The van der Waals surface area contributed by atoms with Gasteiger partial charge in [0.2, 0.25) is 0 Å². The van der Waals surface area contributed by atoms with Crippen LogP contribution in [-0.2, 0) is 9.53 Å². The summed E-state index contributed by atoms with van der Waals surface area (Å²) in [4.78, 5) is 11.8. The van der Waals surface area contributed by atoms with Gasteiger partial charge in [0.1, 0.15) is 5.60 Å². The van der Waals surface area contributed by atoms with Gasteiger partial charge in [0, 0.05) is 16.9 Å². The fraction of sp³-hybridized carbons (Fsp3) is 0.842. The standard InChI is InChI=1S/C19H32O4/c1-7-14(20)23-17(6)11-18(15(2,3)21)9-8-10-19(12-17,13-18)16(4,5)22/h7,21-22H,1,8-13H2,2-6H3. The molecule has 132 valence electrons. The summed E-state index contributed by atoms with van der Waals surface area (Å²) in [6.07, 6.45) is 5.91. The SMILES string of the molecule is C=CC(=O)OC1(C)CC2(C(C)(C)O)CCCC(C(C)(C)O)(C1)C2. The molecule has 2 N–H and O–H groups in total. The van der Waals surface area contributed by atoms with Gasteiger partial charge in [0.25, 0.3) is 0 Å². The third-order valence-electron chi connectivity index (χ3n) is 6.52. The highest BCUT2D eigenvalue weighted by molar-refractivity contribution is 5.81. The van der Waals surface area contributed by atoms with Crippen molar-refractivity contribution in [1.82, 2.24) is 0 Å². The molecule has 2 aliphatic carbocycles. The minimum atomic E-state index is -0.897. The third-order valence-corrected chi connectivity index (χ3v) is 6.52.